The van der Waals surface area contributed by atoms with Crippen LogP contribution >= 0.6 is 0 Å². The van der Waals surface area contributed by atoms with Crippen LogP contribution in [0.4, 0.5) is 11.4 Å². The third-order valence-corrected chi connectivity index (χ3v) is 4.48. The van der Waals surface area contributed by atoms with Crippen LogP contribution in [0.1, 0.15) is 39.1 Å². The number of benzene rings is 2. The number of pyridine rings is 1. The normalized spacial score (nSPS) is 10.3. The van der Waals surface area contributed by atoms with Crippen molar-refractivity contribution >= 4 is 29.0 Å². The van der Waals surface area contributed by atoms with Crippen LogP contribution in [-0.4, -0.2) is 22.6 Å². The summed E-state index contributed by atoms with van der Waals surface area (Å²) in [5.74, 6) is -0.598. The fraction of sp³-hybridized carbons (Fsp3) is 0.130. The molecular weight excluding hydrogens is 380 g/mol. The average Bonchev–Trinajstić information content (AvgIpc) is 2.78. The van der Waals surface area contributed by atoms with E-state index in [2.05, 4.69) is 15.6 Å². The van der Waals surface area contributed by atoms with Crippen LogP contribution in [0, 0.1) is 0 Å². The van der Waals surface area contributed by atoms with Gasteiger partial charge in [-0.05, 0) is 42.0 Å². The molecule has 0 saturated carbocycles. The second-order valence-electron chi connectivity index (χ2n) is 6.68. The minimum absolute atomic E-state index is 0.104. The molecule has 7 nitrogen and oxygen atoms in total. The van der Waals surface area contributed by atoms with Crippen molar-refractivity contribution in [3.63, 3.8) is 0 Å². The standard InChI is InChI=1S/C23H22N4O3/c24-19-5-1-2-6-20(19)27-23(30)17-9-7-16(8-10-17)14-26-22(29)12-11-21(28)18-4-3-13-25-15-18/h1-10,13,15H,11-12,14,24H2,(H,26,29)(H,27,30). The van der Waals surface area contributed by atoms with E-state index in [1.165, 1.54) is 6.20 Å². The Morgan fingerprint density at radius 2 is 1.63 bits per heavy atom. The second-order valence-corrected chi connectivity index (χ2v) is 6.68. The van der Waals surface area contributed by atoms with Crippen molar-refractivity contribution in [2.45, 2.75) is 19.4 Å². The fourth-order valence-electron chi connectivity index (χ4n) is 2.77. The maximum Gasteiger partial charge on any atom is 0.255 e. The molecule has 0 aliphatic heterocycles. The topological polar surface area (TPSA) is 114 Å². The van der Waals surface area contributed by atoms with Crippen molar-refractivity contribution in [2.75, 3.05) is 11.1 Å². The van der Waals surface area contributed by atoms with E-state index in [0.717, 1.165) is 5.56 Å². The monoisotopic (exact) mass is 402 g/mol. The number of aromatic nitrogens is 1. The Bertz CT molecular complexity index is 1030. The summed E-state index contributed by atoms with van der Waals surface area (Å²) in [6, 6.07) is 17.3. The van der Waals surface area contributed by atoms with Crippen molar-refractivity contribution in [2.24, 2.45) is 0 Å². The van der Waals surface area contributed by atoms with Crippen LogP contribution in [0.2, 0.25) is 0 Å². The van der Waals surface area contributed by atoms with Gasteiger partial charge < -0.3 is 16.4 Å². The van der Waals surface area contributed by atoms with Gasteiger partial charge >= 0.3 is 0 Å². The second kappa shape index (κ2) is 9.97. The first-order chi connectivity index (χ1) is 14.5. The summed E-state index contributed by atoms with van der Waals surface area (Å²) in [5.41, 5.74) is 8.71. The Labute approximate surface area is 174 Å². The van der Waals surface area contributed by atoms with E-state index >= 15 is 0 Å². The number of hydrogen-bond donors (Lipinski definition) is 3. The predicted octanol–water partition coefficient (Wildman–Crippen LogP) is 3.20. The number of ketones is 1. The van der Waals surface area contributed by atoms with Gasteiger partial charge in [0.1, 0.15) is 0 Å². The van der Waals surface area contributed by atoms with Gasteiger partial charge in [-0.2, -0.15) is 0 Å². The number of nitrogens with two attached hydrogens (primary N) is 1. The Kier molecular flexibility index (Phi) is 6.89. The molecule has 152 valence electrons. The summed E-state index contributed by atoms with van der Waals surface area (Å²) >= 11 is 0. The number of anilines is 2. The number of carbonyl (C=O) groups excluding carboxylic acids is 3. The summed E-state index contributed by atoms with van der Waals surface area (Å²) < 4.78 is 0. The van der Waals surface area contributed by atoms with Crippen molar-refractivity contribution in [3.8, 4) is 0 Å². The van der Waals surface area contributed by atoms with Crippen molar-refractivity contribution in [1.82, 2.24) is 10.3 Å². The molecule has 0 bridgehead atoms. The van der Waals surface area contributed by atoms with Crippen LogP contribution in [-0.2, 0) is 11.3 Å². The lowest BCUT2D eigenvalue weighted by Crippen LogP contribution is -2.23. The molecule has 7 heteroatoms. The van der Waals surface area contributed by atoms with Crippen LogP contribution in [0.15, 0.2) is 73.1 Å². The van der Waals surface area contributed by atoms with E-state index in [4.69, 9.17) is 5.73 Å². The first-order valence-corrected chi connectivity index (χ1v) is 9.47. The number of para-hydroxylation sites is 2. The van der Waals surface area contributed by atoms with Crippen LogP contribution in [0.5, 0.6) is 0 Å². The fourth-order valence-corrected chi connectivity index (χ4v) is 2.77. The molecule has 0 atom stereocenters. The smallest absolute Gasteiger partial charge is 0.255 e. The molecule has 30 heavy (non-hydrogen) atoms. The Hall–Kier alpha value is -4.00. The summed E-state index contributed by atoms with van der Waals surface area (Å²) in [6.45, 7) is 0.313. The van der Waals surface area contributed by atoms with Gasteiger partial charge in [0, 0.05) is 42.9 Å². The summed E-state index contributed by atoms with van der Waals surface area (Å²) in [6.07, 6.45) is 3.31. The van der Waals surface area contributed by atoms with E-state index in [1.807, 2.05) is 0 Å². The number of rotatable bonds is 8. The lowest BCUT2D eigenvalue weighted by atomic mass is 10.1. The highest BCUT2D eigenvalue weighted by atomic mass is 16.2. The van der Waals surface area contributed by atoms with E-state index in [-0.39, 0.29) is 30.4 Å². The van der Waals surface area contributed by atoms with E-state index in [9.17, 15) is 14.4 Å². The minimum atomic E-state index is -0.266. The molecule has 3 aromatic rings. The molecule has 0 spiro atoms. The quantitative estimate of drug-likeness (QED) is 0.395. The Balaban J connectivity index is 1.46. The van der Waals surface area contributed by atoms with Crippen LogP contribution in [0.3, 0.4) is 0 Å². The number of amides is 2. The van der Waals surface area contributed by atoms with Gasteiger partial charge in [0.25, 0.3) is 5.91 Å². The SMILES string of the molecule is Nc1ccccc1NC(=O)c1ccc(CNC(=O)CCC(=O)c2cccnc2)cc1. The lowest BCUT2D eigenvalue weighted by molar-refractivity contribution is -0.121. The Morgan fingerprint density at radius 1 is 0.867 bits per heavy atom. The summed E-state index contributed by atoms with van der Waals surface area (Å²) in [4.78, 5) is 40.3. The molecule has 3 rings (SSSR count). The third kappa shape index (κ3) is 5.75. The summed E-state index contributed by atoms with van der Waals surface area (Å²) in [7, 11) is 0. The minimum Gasteiger partial charge on any atom is -0.397 e. The van der Waals surface area contributed by atoms with Gasteiger partial charge in [-0.15, -0.1) is 0 Å². The number of nitrogens with zero attached hydrogens (tertiary/aromatic N) is 1. The maximum absolute atomic E-state index is 12.3. The zero-order valence-corrected chi connectivity index (χ0v) is 16.3. The van der Waals surface area contributed by atoms with E-state index in [1.54, 1.807) is 66.9 Å². The third-order valence-electron chi connectivity index (χ3n) is 4.48. The maximum atomic E-state index is 12.3. The molecule has 2 aromatic carbocycles. The van der Waals surface area contributed by atoms with Gasteiger partial charge in [0.15, 0.2) is 5.78 Å². The van der Waals surface area contributed by atoms with Gasteiger partial charge in [-0.1, -0.05) is 24.3 Å². The highest BCUT2D eigenvalue weighted by Gasteiger charge is 2.10. The van der Waals surface area contributed by atoms with Crippen LogP contribution in [0.25, 0.3) is 0 Å². The largest absolute Gasteiger partial charge is 0.397 e. The number of nitrogens with one attached hydrogen (secondary N) is 2. The average molecular weight is 402 g/mol. The zero-order chi connectivity index (χ0) is 21.3. The molecule has 0 unspecified atom stereocenters. The van der Waals surface area contributed by atoms with Gasteiger partial charge in [0.2, 0.25) is 5.91 Å². The van der Waals surface area contributed by atoms with Crippen molar-refractivity contribution in [1.29, 1.82) is 0 Å². The molecule has 1 heterocycles. The number of carbonyl (C=O) groups is 3. The highest BCUT2D eigenvalue weighted by Crippen LogP contribution is 2.18. The molecule has 0 aliphatic carbocycles. The van der Waals surface area contributed by atoms with Crippen LogP contribution < -0.4 is 16.4 Å². The first-order valence-electron chi connectivity index (χ1n) is 9.47. The molecule has 0 fully saturated rings. The number of nitrogen functional groups attached to an aromatic ring is 1. The van der Waals surface area contributed by atoms with Gasteiger partial charge in [-0.3, -0.25) is 19.4 Å². The van der Waals surface area contributed by atoms with Gasteiger partial charge in [-0.25, -0.2) is 0 Å². The molecule has 0 saturated heterocycles. The number of hydrogen-bond acceptors (Lipinski definition) is 5. The molecule has 0 radical (unpaired) electrons. The van der Waals surface area contributed by atoms with E-state index in [0.29, 0.717) is 29.0 Å². The zero-order valence-electron chi connectivity index (χ0n) is 16.3. The van der Waals surface area contributed by atoms with Crippen molar-refractivity contribution < 1.29 is 14.4 Å². The number of Topliss-reactive ketones (excluding diaryl/α,β-unsaturated/α-hetero) is 1. The van der Waals surface area contributed by atoms with Gasteiger partial charge in [0.05, 0.1) is 11.4 Å². The molecule has 0 aliphatic rings. The van der Waals surface area contributed by atoms with E-state index < -0.39 is 0 Å². The Morgan fingerprint density at radius 3 is 2.33 bits per heavy atom. The molecular formula is C23H22N4O3. The highest BCUT2D eigenvalue weighted by molar-refractivity contribution is 6.05. The summed E-state index contributed by atoms with van der Waals surface area (Å²) in [5, 5.41) is 5.54. The first kappa shape index (κ1) is 20.7. The van der Waals surface area contributed by atoms with Crippen molar-refractivity contribution in [3.05, 3.63) is 89.7 Å². The molecule has 1 aromatic heterocycles. The lowest BCUT2D eigenvalue weighted by Gasteiger charge is -2.09. The predicted molar refractivity (Wildman–Crippen MR) is 115 cm³/mol. The molecule has 2 amide bonds. The molecule has 4 N–H and O–H groups in total.